The lowest BCUT2D eigenvalue weighted by Crippen LogP contribution is -2.52. The maximum atomic E-state index is 13.1. The number of nitrogens with one attached hydrogen (secondary N) is 3. The number of carbonyl (C=O) groups is 5. The number of fused-ring (bicyclic) bond motifs is 1. The Labute approximate surface area is 306 Å². The minimum atomic E-state index is -3.38. The summed E-state index contributed by atoms with van der Waals surface area (Å²) in [6, 6.07) is 10.8. The molecule has 3 aliphatic heterocycles. The Morgan fingerprint density at radius 3 is 2.60 bits per heavy atom. The minimum absolute atomic E-state index is 0.0676. The van der Waals surface area contributed by atoms with Crippen molar-refractivity contribution in [2.24, 2.45) is 5.73 Å². The van der Waals surface area contributed by atoms with E-state index < -0.39 is 27.7 Å². The van der Waals surface area contributed by atoms with Gasteiger partial charge in [-0.2, -0.15) is 0 Å². The standard InChI is InChI=1S/C36H42N8O8S/c1-53(50,51)25-11-9-23(10-12-25)40-34-32(33(37)47)38-19-29(41-34)43-16-3-7-24(20-43)39-31(46)15-18-52-17-4-6-22-5-2-8-26-27(22)21-44(36(26)49)28-13-14-30(45)42-35(28)48/h2,5,8-12,19,24,28H,3-4,6-7,13-18,20-21H2,1H3,(H2,37,47)(H,39,46)(H,40,41)(H,42,45,48)/t24-,28?/m1/s1. The van der Waals surface area contributed by atoms with Crippen LogP contribution in [-0.2, 0) is 41.9 Å². The van der Waals surface area contributed by atoms with Crippen LogP contribution in [0.1, 0.15) is 70.5 Å². The van der Waals surface area contributed by atoms with Gasteiger partial charge >= 0.3 is 0 Å². The lowest BCUT2D eigenvalue weighted by Gasteiger charge is -2.34. The van der Waals surface area contributed by atoms with Gasteiger partial charge in [-0.05, 0) is 73.6 Å². The van der Waals surface area contributed by atoms with Gasteiger partial charge in [0, 0.05) is 62.6 Å². The van der Waals surface area contributed by atoms with E-state index in [9.17, 15) is 32.4 Å². The molecule has 5 N–H and O–H groups in total. The number of ether oxygens (including phenoxy) is 1. The molecule has 2 saturated heterocycles. The monoisotopic (exact) mass is 746 g/mol. The predicted octanol–water partition coefficient (Wildman–Crippen LogP) is 1.61. The number of piperidine rings is 2. The van der Waals surface area contributed by atoms with E-state index in [1.54, 1.807) is 23.1 Å². The van der Waals surface area contributed by atoms with Crippen LogP contribution in [0.4, 0.5) is 17.3 Å². The summed E-state index contributed by atoms with van der Waals surface area (Å²) in [5.74, 6) is -1.25. The first kappa shape index (κ1) is 37.3. The fraction of sp³-hybridized carbons (Fsp3) is 0.417. The smallest absolute Gasteiger partial charge is 0.271 e. The number of imide groups is 1. The Morgan fingerprint density at radius 1 is 1.08 bits per heavy atom. The molecule has 17 heteroatoms. The van der Waals surface area contributed by atoms with Crippen molar-refractivity contribution in [1.29, 1.82) is 0 Å². The third kappa shape index (κ3) is 8.97. The van der Waals surface area contributed by atoms with Crippen molar-refractivity contribution in [3.8, 4) is 0 Å². The fourth-order valence-electron chi connectivity index (χ4n) is 6.84. The summed E-state index contributed by atoms with van der Waals surface area (Å²) in [6.07, 6.45) is 6.20. The Balaban J connectivity index is 0.952. The van der Waals surface area contributed by atoms with Crippen molar-refractivity contribution < 1.29 is 37.1 Å². The largest absolute Gasteiger partial charge is 0.381 e. The molecule has 1 aromatic heterocycles. The number of nitrogens with two attached hydrogens (primary N) is 1. The maximum absolute atomic E-state index is 13.1. The molecule has 6 rings (SSSR count). The number of nitrogens with zero attached hydrogens (tertiary/aromatic N) is 4. The van der Waals surface area contributed by atoms with E-state index in [0.717, 1.165) is 30.2 Å². The lowest BCUT2D eigenvalue weighted by molar-refractivity contribution is -0.137. The molecule has 53 heavy (non-hydrogen) atoms. The average Bonchev–Trinajstić information content (AvgIpc) is 3.46. The number of carbonyl (C=O) groups excluding carboxylic acids is 5. The molecule has 0 aliphatic carbocycles. The van der Waals surface area contributed by atoms with Crippen molar-refractivity contribution >= 4 is 56.7 Å². The second kappa shape index (κ2) is 16.1. The van der Waals surface area contributed by atoms with Crippen molar-refractivity contribution in [2.45, 2.75) is 68.5 Å². The van der Waals surface area contributed by atoms with E-state index >= 15 is 0 Å². The van der Waals surface area contributed by atoms with Gasteiger partial charge in [0.2, 0.25) is 17.7 Å². The first-order valence-electron chi connectivity index (χ1n) is 17.5. The molecule has 1 unspecified atom stereocenters. The summed E-state index contributed by atoms with van der Waals surface area (Å²) in [5.41, 5.74) is 8.46. The van der Waals surface area contributed by atoms with Gasteiger partial charge in [-0.3, -0.25) is 29.3 Å². The number of rotatable bonds is 14. The number of anilines is 3. The van der Waals surface area contributed by atoms with E-state index in [-0.39, 0.29) is 59.6 Å². The number of primary amides is 1. The van der Waals surface area contributed by atoms with Crippen LogP contribution in [0.2, 0.25) is 0 Å². The number of aryl methyl sites for hydroxylation is 1. The highest BCUT2D eigenvalue weighted by molar-refractivity contribution is 7.90. The Hall–Kier alpha value is -5.42. The van der Waals surface area contributed by atoms with Crippen molar-refractivity contribution in [3.05, 3.63) is 71.0 Å². The highest BCUT2D eigenvalue weighted by atomic mass is 32.2. The van der Waals surface area contributed by atoms with Crippen molar-refractivity contribution in [1.82, 2.24) is 25.5 Å². The molecule has 4 heterocycles. The van der Waals surface area contributed by atoms with Gasteiger partial charge in [-0.15, -0.1) is 0 Å². The molecular weight excluding hydrogens is 705 g/mol. The molecule has 0 radical (unpaired) electrons. The van der Waals surface area contributed by atoms with E-state index in [1.165, 1.54) is 18.3 Å². The van der Waals surface area contributed by atoms with Gasteiger partial charge in [0.15, 0.2) is 21.3 Å². The van der Waals surface area contributed by atoms with E-state index in [0.29, 0.717) is 62.6 Å². The summed E-state index contributed by atoms with van der Waals surface area (Å²) < 4.78 is 29.4. The van der Waals surface area contributed by atoms with E-state index in [4.69, 9.17) is 10.5 Å². The van der Waals surface area contributed by atoms with Gasteiger partial charge in [-0.25, -0.2) is 18.4 Å². The van der Waals surface area contributed by atoms with Crippen LogP contribution in [0.5, 0.6) is 0 Å². The molecule has 2 fully saturated rings. The number of benzene rings is 2. The van der Waals surface area contributed by atoms with E-state index in [1.807, 2.05) is 17.0 Å². The Kier molecular flexibility index (Phi) is 11.3. The van der Waals surface area contributed by atoms with Crippen LogP contribution in [0.25, 0.3) is 0 Å². The molecular formula is C36H42N8O8S. The van der Waals surface area contributed by atoms with Crippen LogP contribution in [0.3, 0.4) is 0 Å². The van der Waals surface area contributed by atoms with Crippen LogP contribution in [0.15, 0.2) is 53.6 Å². The number of aromatic nitrogens is 2. The van der Waals surface area contributed by atoms with Crippen LogP contribution >= 0.6 is 0 Å². The molecule has 16 nitrogen and oxygen atoms in total. The maximum Gasteiger partial charge on any atom is 0.271 e. The number of hydrogen-bond donors (Lipinski definition) is 4. The first-order valence-corrected chi connectivity index (χ1v) is 19.4. The SMILES string of the molecule is CS(=O)(=O)c1ccc(Nc2nc(N3CCC[C@@H](NC(=O)CCOCCCc4cccc5c4CN(C4CCC(=O)NC4=O)C5=O)C3)cnc2C(N)=O)cc1. The second-order valence-corrected chi connectivity index (χ2v) is 15.4. The summed E-state index contributed by atoms with van der Waals surface area (Å²) in [6.45, 7) is 2.14. The quantitative estimate of drug-likeness (QED) is 0.137. The minimum Gasteiger partial charge on any atom is -0.381 e. The summed E-state index contributed by atoms with van der Waals surface area (Å²) in [4.78, 5) is 74.5. The Morgan fingerprint density at radius 2 is 1.87 bits per heavy atom. The summed E-state index contributed by atoms with van der Waals surface area (Å²) >= 11 is 0. The lowest BCUT2D eigenvalue weighted by atomic mass is 10.00. The van der Waals surface area contributed by atoms with Gasteiger partial charge in [0.25, 0.3) is 11.8 Å². The third-order valence-electron chi connectivity index (χ3n) is 9.54. The van der Waals surface area contributed by atoms with Crippen molar-refractivity contribution in [2.75, 3.05) is 42.8 Å². The molecule has 0 spiro atoms. The topological polar surface area (TPSA) is 223 Å². The van der Waals surface area contributed by atoms with Gasteiger partial charge in [0.1, 0.15) is 11.9 Å². The average molecular weight is 747 g/mol. The molecule has 0 bridgehead atoms. The van der Waals surface area contributed by atoms with Gasteiger partial charge < -0.3 is 30.9 Å². The zero-order valence-corrected chi connectivity index (χ0v) is 30.1. The summed E-state index contributed by atoms with van der Waals surface area (Å²) in [5, 5.41) is 8.42. The predicted molar refractivity (Wildman–Crippen MR) is 193 cm³/mol. The van der Waals surface area contributed by atoms with Crippen LogP contribution in [-0.4, -0.2) is 97.5 Å². The molecule has 2 aromatic carbocycles. The molecule has 3 aromatic rings. The highest BCUT2D eigenvalue weighted by Gasteiger charge is 2.39. The fourth-order valence-corrected chi connectivity index (χ4v) is 7.47. The summed E-state index contributed by atoms with van der Waals surface area (Å²) in [7, 11) is -3.38. The third-order valence-corrected chi connectivity index (χ3v) is 10.7. The molecule has 280 valence electrons. The number of sulfone groups is 1. The zero-order chi connectivity index (χ0) is 37.7. The molecule has 3 aliphatic rings. The van der Waals surface area contributed by atoms with Crippen LogP contribution < -0.4 is 26.6 Å². The van der Waals surface area contributed by atoms with E-state index in [2.05, 4.69) is 25.9 Å². The zero-order valence-electron chi connectivity index (χ0n) is 29.3. The molecule has 5 amide bonds. The number of amides is 5. The van der Waals surface area contributed by atoms with Gasteiger partial charge in [0.05, 0.1) is 17.7 Å². The number of hydrogen-bond acceptors (Lipinski definition) is 12. The highest BCUT2D eigenvalue weighted by Crippen LogP contribution is 2.30. The Bertz CT molecular complexity index is 2020. The molecule has 2 atom stereocenters. The molecule has 0 saturated carbocycles. The normalized spacial score (nSPS) is 18.8. The first-order chi connectivity index (χ1) is 25.4. The second-order valence-electron chi connectivity index (χ2n) is 13.4. The van der Waals surface area contributed by atoms with Crippen molar-refractivity contribution in [3.63, 3.8) is 0 Å². The van der Waals surface area contributed by atoms with Gasteiger partial charge in [-0.1, -0.05) is 12.1 Å². The van der Waals surface area contributed by atoms with Crippen LogP contribution in [0, 0.1) is 0 Å².